The number of hydrogen-bond acceptors (Lipinski definition) is 3. The molecule has 3 heteroatoms. The summed E-state index contributed by atoms with van der Waals surface area (Å²) < 4.78 is 5.79. The Balaban J connectivity index is 2.08. The molecule has 3 rings (SSSR count). The van der Waals surface area contributed by atoms with Crippen molar-refractivity contribution < 1.29 is 4.42 Å². The van der Waals surface area contributed by atoms with E-state index in [4.69, 9.17) is 10.3 Å². The Morgan fingerprint density at radius 1 is 1.14 bits per heavy atom. The molecule has 0 bridgehead atoms. The Kier molecular flexibility index (Phi) is 3.87. The molecule has 0 amide bonds. The Bertz CT molecular complexity index is 641. The van der Waals surface area contributed by atoms with Gasteiger partial charge in [-0.2, -0.15) is 0 Å². The van der Waals surface area contributed by atoms with Gasteiger partial charge in [-0.25, -0.2) is 5.43 Å². The van der Waals surface area contributed by atoms with Crippen LogP contribution >= 0.6 is 0 Å². The predicted octanol–water partition coefficient (Wildman–Crippen LogP) is 4.03. The van der Waals surface area contributed by atoms with E-state index in [9.17, 15) is 0 Å². The Morgan fingerprint density at radius 3 is 2.38 bits per heavy atom. The fraction of sp³-hybridized carbons (Fsp3) is 0.444. The molecule has 1 fully saturated rings. The summed E-state index contributed by atoms with van der Waals surface area (Å²) in [5, 5.41) is 0. The lowest BCUT2D eigenvalue weighted by atomic mass is 9.76. The molecule has 2 aromatic rings. The molecule has 1 aromatic carbocycles. The highest BCUT2D eigenvalue weighted by Gasteiger charge is 2.28. The number of nitrogens with two attached hydrogens (primary N) is 1. The minimum absolute atomic E-state index is 0.000694. The van der Waals surface area contributed by atoms with Crippen molar-refractivity contribution in [3.8, 4) is 0 Å². The van der Waals surface area contributed by atoms with Crippen molar-refractivity contribution in [1.29, 1.82) is 0 Å². The van der Waals surface area contributed by atoms with E-state index in [1.165, 1.54) is 41.5 Å². The van der Waals surface area contributed by atoms with E-state index in [-0.39, 0.29) is 6.04 Å². The summed E-state index contributed by atoms with van der Waals surface area (Å²) in [7, 11) is 0. The molecule has 21 heavy (non-hydrogen) atoms. The van der Waals surface area contributed by atoms with Crippen molar-refractivity contribution in [3.63, 3.8) is 0 Å². The maximum atomic E-state index is 5.92. The molecule has 1 saturated carbocycles. The molecule has 1 heterocycles. The van der Waals surface area contributed by atoms with Crippen molar-refractivity contribution in [2.45, 2.75) is 52.0 Å². The van der Waals surface area contributed by atoms with Crippen molar-refractivity contribution in [3.05, 3.63) is 58.0 Å². The van der Waals surface area contributed by atoms with Gasteiger partial charge < -0.3 is 4.42 Å². The van der Waals surface area contributed by atoms with Crippen molar-refractivity contribution in [2.24, 2.45) is 5.84 Å². The number of rotatable bonds is 4. The van der Waals surface area contributed by atoms with E-state index in [1.54, 1.807) is 0 Å². The summed E-state index contributed by atoms with van der Waals surface area (Å²) >= 11 is 0. The normalized spacial score (nSPS) is 16.8. The predicted molar refractivity (Wildman–Crippen MR) is 85.1 cm³/mol. The van der Waals surface area contributed by atoms with Gasteiger partial charge in [0.05, 0.1) is 6.04 Å². The molecule has 112 valence electrons. The van der Waals surface area contributed by atoms with Gasteiger partial charge in [-0.05, 0) is 56.2 Å². The average molecular weight is 284 g/mol. The number of benzene rings is 1. The second kappa shape index (κ2) is 5.66. The molecule has 1 aliphatic rings. The van der Waals surface area contributed by atoms with Crippen LogP contribution in [0.5, 0.6) is 0 Å². The zero-order valence-corrected chi connectivity index (χ0v) is 13.1. The number of hydrazine groups is 1. The van der Waals surface area contributed by atoms with Gasteiger partial charge in [-0.15, -0.1) is 0 Å². The number of nitrogens with one attached hydrogen (secondary N) is 1. The van der Waals surface area contributed by atoms with Crippen LogP contribution in [0.25, 0.3) is 0 Å². The van der Waals surface area contributed by atoms with Crippen molar-refractivity contribution in [2.75, 3.05) is 0 Å². The van der Waals surface area contributed by atoms with Gasteiger partial charge in [-0.1, -0.05) is 30.7 Å². The van der Waals surface area contributed by atoms with E-state index in [2.05, 4.69) is 36.6 Å². The van der Waals surface area contributed by atoms with E-state index in [0.29, 0.717) is 5.92 Å². The number of hydrogen-bond donors (Lipinski definition) is 2. The highest BCUT2D eigenvalue weighted by Crippen LogP contribution is 2.41. The first kappa shape index (κ1) is 14.4. The van der Waals surface area contributed by atoms with E-state index in [0.717, 1.165) is 11.5 Å². The SMILES string of the molecule is Cc1oc(C)c(C(NN)c2ccccc2C2CCC2)c1C. The van der Waals surface area contributed by atoms with E-state index in [1.807, 2.05) is 13.8 Å². The Labute approximate surface area is 126 Å². The van der Waals surface area contributed by atoms with Crippen LogP contribution in [0.3, 0.4) is 0 Å². The van der Waals surface area contributed by atoms with Gasteiger partial charge in [0, 0.05) is 5.56 Å². The van der Waals surface area contributed by atoms with Crippen LogP contribution in [-0.2, 0) is 0 Å². The van der Waals surface area contributed by atoms with Crippen LogP contribution in [0.4, 0.5) is 0 Å². The minimum atomic E-state index is -0.000694. The topological polar surface area (TPSA) is 51.2 Å². The Morgan fingerprint density at radius 2 is 1.86 bits per heavy atom. The summed E-state index contributed by atoms with van der Waals surface area (Å²) in [6.07, 6.45) is 3.91. The second-order valence-electron chi connectivity index (χ2n) is 6.11. The second-order valence-corrected chi connectivity index (χ2v) is 6.11. The molecule has 0 saturated heterocycles. The molecular formula is C18H24N2O. The summed E-state index contributed by atoms with van der Waals surface area (Å²) in [5.74, 6) is 8.54. The van der Waals surface area contributed by atoms with Gasteiger partial charge in [0.15, 0.2) is 0 Å². The molecule has 3 N–H and O–H groups in total. The molecule has 0 aliphatic heterocycles. The van der Waals surface area contributed by atoms with Gasteiger partial charge in [-0.3, -0.25) is 5.84 Å². The van der Waals surface area contributed by atoms with Gasteiger partial charge in [0.1, 0.15) is 11.5 Å². The monoisotopic (exact) mass is 284 g/mol. The molecular weight excluding hydrogens is 260 g/mol. The first-order chi connectivity index (χ1) is 10.1. The third-order valence-electron chi connectivity index (χ3n) is 4.92. The largest absolute Gasteiger partial charge is 0.466 e. The van der Waals surface area contributed by atoms with Gasteiger partial charge >= 0.3 is 0 Å². The van der Waals surface area contributed by atoms with Crippen LogP contribution in [0.2, 0.25) is 0 Å². The maximum Gasteiger partial charge on any atom is 0.106 e. The van der Waals surface area contributed by atoms with Gasteiger partial charge in [0.25, 0.3) is 0 Å². The van der Waals surface area contributed by atoms with Crippen LogP contribution in [0.15, 0.2) is 28.7 Å². The highest BCUT2D eigenvalue weighted by atomic mass is 16.3. The standard InChI is InChI=1S/C18H24N2O/c1-11-12(2)21-13(3)17(11)18(20-19)16-10-5-4-9-15(16)14-7-6-8-14/h4-5,9-10,14,18,20H,6-8,19H2,1-3H3. The molecule has 0 radical (unpaired) electrons. The van der Waals surface area contributed by atoms with E-state index >= 15 is 0 Å². The zero-order valence-electron chi connectivity index (χ0n) is 13.1. The van der Waals surface area contributed by atoms with Crippen LogP contribution in [0, 0.1) is 20.8 Å². The number of furan rings is 1. The summed E-state index contributed by atoms with van der Waals surface area (Å²) in [5.41, 5.74) is 8.11. The minimum Gasteiger partial charge on any atom is -0.466 e. The molecule has 1 unspecified atom stereocenters. The quantitative estimate of drug-likeness (QED) is 0.658. The summed E-state index contributed by atoms with van der Waals surface area (Å²) in [6, 6.07) is 8.67. The molecule has 1 atom stereocenters. The molecule has 3 nitrogen and oxygen atoms in total. The first-order valence-electron chi connectivity index (χ1n) is 7.75. The summed E-state index contributed by atoms with van der Waals surface area (Å²) in [4.78, 5) is 0. The summed E-state index contributed by atoms with van der Waals surface area (Å²) in [6.45, 7) is 6.14. The third kappa shape index (κ3) is 2.41. The fourth-order valence-electron chi connectivity index (χ4n) is 3.43. The van der Waals surface area contributed by atoms with Crippen LogP contribution in [0.1, 0.15) is 65.0 Å². The van der Waals surface area contributed by atoms with E-state index < -0.39 is 0 Å². The maximum absolute atomic E-state index is 5.92. The lowest BCUT2D eigenvalue weighted by Gasteiger charge is -2.30. The number of aryl methyl sites for hydroxylation is 2. The van der Waals surface area contributed by atoms with Crippen LogP contribution < -0.4 is 11.3 Å². The smallest absolute Gasteiger partial charge is 0.106 e. The molecule has 0 spiro atoms. The first-order valence-corrected chi connectivity index (χ1v) is 7.75. The highest BCUT2D eigenvalue weighted by molar-refractivity contribution is 5.44. The molecule has 1 aliphatic carbocycles. The molecule has 1 aromatic heterocycles. The Hall–Kier alpha value is -1.58. The van der Waals surface area contributed by atoms with Crippen molar-refractivity contribution >= 4 is 0 Å². The van der Waals surface area contributed by atoms with Crippen LogP contribution in [-0.4, -0.2) is 0 Å². The third-order valence-corrected chi connectivity index (χ3v) is 4.92. The van der Waals surface area contributed by atoms with Gasteiger partial charge in [0.2, 0.25) is 0 Å². The zero-order chi connectivity index (χ0) is 15.0. The lowest BCUT2D eigenvalue weighted by molar-refractivity contribution is 0.414. The average Bonchev–Trinajstić information content (AvgIpc) is 2.66. The lowest BCUT2D eigenvalue weighted by Crippen LogP contribution is -2.31. The fourth-order valence-corrected chi connectivity index (χ4v) is 3.43. The van der Waals surface area contributed by atoms with Crippen molar-refractivity contribution in [1.82, 2.24) is 5.43 Å².